The van der Waals surface area contributed by atoms with Gasteiger partial charge in [0.15, 0.2) is 0 Å². The van der Waals surface area contributed by atoms with Crippen LogP contribution in [0.5, 0.6) is 0 Å². The Bertz CT molecular complexity index is 828. The number of rotatable bonds is 4. The van der Waals surface area contributed by atoms with Crippen molar-refractivity contribution < 1.29 is 14.3 Å². The molecule has 142 valence electrons. The van der Waals surface area contributed by atoms with E-state index >= 15 is 0 Å². The number of nitrogens with zero attached hydrogens (tertiary/aromatic N) is 1. The zero-order chi connectivity index (χ0) is 18.6. The normalized spacial score (nSPS) is 22.3. The molecule has 0 unspecified atom stereocenters. The Morgan fingerprint density at radius 1 is 1.07 bits per heavy atom. The van der Waals surface area contributed by atoms with Gasteiger partial charge in [-0.3, -0.25) is 9.59 Å². The van der Waals surface area contributed by atoms with Crippen LogP contribution in [0.25, 0.3) is 10.8 Å². The molecule has 5 nitrogen and oxygen atoms in total. The summed E-state index contributed by atoms with van der Waals surface area (Å²) in [4.78, 5) is 27.0. The van der Waals surface area contributed by atoms with Gasteiger partial charge in [0.05, 0.1) is 31.7 Å². The molecular formula is C22H26N2O3. The van der Waals surface area contributed by atoms with Gasteiger partial charge >= 0.3 is 0 Å². The SMILES string of the molecule is O=C(Cc1cccc2ccccc12)NCC(=O)N1CCO[C@@H]2CCCC[C@H]21. The monoisotopic (exact) mass is 366 g/mol. The highest BCUT2D eigenvalue weighted by Crippen LogP contribution is 2.28. The van der Waals surface area contributed by atoms with Gasteiger partial charge in [-0.25, -0.2) is 0 Å². The molecule has 1 N–H and O–H groups in total. The van der Waals surface area contributed by atoms with Crippen LogP contribution < -0.4 is 5.32 Å². The number of carbonyl (C=O) groups is 2. The molecule has 5 heteroatoms. The minimum Gasteiger partial charge on any atom is -0.374 e. The topological polar surface area (TPSA) is 58.6 Å². The van der Waals surface area contributed by atoms with E-state index < -0.39 is 0 Å². The maximum Gasteiger partial charge on any atom is 0.242 e. The molecule has 1 aliphatic heterocycles. The average molecular weight is 366 g/mol. The molecule has 2 atom stereocenters. The van der Waals surface area contributed by atoms with E-state index in [9.17, 15) is 9.59 Å². The van der Waals surface area contributed by atoms with Crippen molar-refractivity contribution in [3.8, 4) is 0 Å². The molecule has 2 aromatic carbocycles. The Morgan fingerprint density at radius 2 is 1.89 bits per heavy atom. The fourth-order valence-corrected chi connectivity index (χ4v) is 4.36. The molecule has 2 amide bonds. The molecule has 0 radical (unpaired) electrons. The van der Waals surface area contributed by atoms with Crippen LogP contribution in [0.4, 0.5) is 0 Å². The van der Waals surface area contributed by atoms with E-state index in [2.05, 4.69) is 5.32 Å². The third-order valence-corrected chi connectivity index (χ3v) is 5.72. The summed E-state index contributed by atoms with van der Waals surface area (Å²) >= 11 is 0. The molecule has 1 saturated heterocycles. The molecule has 1 saturated carbocycles. The van der Waals surface area contributed by atoms with E-state index in [1.54, 1.807) is 0 Å². The summed E-state index contributed by atoms with van der Waals surface area (Å²) in [6.07, 6.45) is 4.79. The number of ether oxygens (including phenoxy) is 1. The van der Waals surface area contributed by atoms with Crippen molar-refractivity contribution in [1.29, 1.82) is 0 Å². The highest BCUT2D eigenvalue weighted by molar-refractivity contribution is 5.91. The lowest BCUT2D eigenvalue weighted by atomic mass is 9.90. The number of carbonyl (C=O) groups excluding carboxylic acids is 2. The van der Waals surface area contributed by atoms with Crippen LogP contribution in [0, 0.1) is 0 Å². The van der Waals surface area contributed by atoms with Gasteiger partial charge in [0.2, 0.25) is 11.8 Å². The molecule has 0 spiro atoms. The van der Waals surface area contributed by atoms with E-state index in [0.29, 0.717) is 13.2 Å². The van der Waals surface area contributed by atoms with Crippen LogP contribution in [0.2, 0.25) is 0 Å². The fraction of sp³-hybridized carbons (Fsp3) is 0.455. The smallest absolute Gasteiger partial charge is 0.242 e. The molecule has 0 aromatic heterocycles. The highest BCUT2D eigenvalue weighted by atomic mass is 16.5. The Kier molecular flexibility index (Phi) is 5.39. The summed E-state index contributed by atoms with van der Waals surface area (Å²) in [7, 11) is 0. The number of benzene rings is 2. The number of hydrogen-bond donors (Lipinski definition) is 1. The molecule has 2 aromatic rings. The van der Waals surface area contributed by atoms with Crippen LogP contribution in [0.3, 0.4) is 0 Å². The van der Waals surface area contributed by atoms with E-state index in [1.807, 2.05) is 47.4 Å². The summed E-state index contributed by atoms with van der Waals surface area (Å²) in [5, 5.41) is 5.02. The Labute approximate surface area is 159 Å². The van der Waals surface area contributed by atoms with Crippen LogP contribution in [-0.2, 0) is 20.7 Å². The van der Waals surface area contributed by atoms with Crippen molar-refractivity contribution in [2.45, 2.75) is 44.2 Å². The first-order chi connectivity index (χ1) is 13.2. The van der Waals surface area contributed by atoms with Crippen molar-refractivity contribution in [2.24, 2.45) is 0 Å². The molecule has 1 heterocycles. The first-order valence-corrected chi connectivity index (χ1v) is 9.87. The van der Waals surface area contributed by atoms with Gasteiger partial charge in [0.1, 0.15) is 0 Å². The number of amides is 2. The van der Waals surface area contributed by atoms with Gasteiger partial charge in [-0.1, -0.05) is 55.3 Å². The van der Waals surface area contributed by atoms with Crippen molar-refractivity contribution in [2.75, 3.05) is 19.7 Å². The molecule has 27 heavy (non-hydrogen) atoms. The van der Waals surface area contributed by atoms with Crippen LogP contribution >= 0.6 is 0 Å². The second kappa shape index (κ2) is 8.09. The molecule has 2 aliphatic rings. The van der Waals surface area contributed by atoms with Crippen molar-refractivity contribution in [3.05, 3.63) is 48.0 Å². The van der Waals surface area contributed by atoms with Crippen LogP contribution in [-0.4, -0.2) is 48.6 Å². The first-order valence-electron chi connectivity index (χ1n) is 9.87. The van der Waals surface area contributed by atoms with Gasteiger partial charge in [0, 0.05) is 6.54 Å². The molecular weight excluding hydrogens is 340 g/mol. The minimum atomic E-state index is -0.117. The van der Waals surface area contributed by atoms with Gasteiger partial charge in [-0.2, -0.15) is 0 Å². The van der Waals surface area contributed by atoms with Crippen molar-refractivity contribution in [1.82, 2.24) is 10.2 Å². The van der Waals surface area contributed by atoms with Gasteiger partial charge in [-0.05, 0) is 29.2 Å². The van der Waals surface area contributed by atoms with E-state index in [4.69, 9.17) is 4.74 Å². The van der Waals surface area contributed by atoms with E-state index in [-0.39, 0.29) is 36.9 Å². The molecule has 4 rings (SSSR count). The number of nitrogens with one attached hydrogen (secondary N) is 1. The maximum absolute atomic E-state index is 12.7. The predicted molar refractivity (Wildman–Crippen MR) is 104 cm³/mol. The lowest BCUT2D eigenvalue weighted by Gasteiger charge is -2.43. The van der Waals surface area contributed by atoms with Gasteiger partial charge in [-0.15, -0.1) is 0 Å². The predicted octanol–water partition coefficient (Wildman–Crippen LogP) is 2.67. The number of morpholine rings is 1. The van der Waals surface area contributed by atoms with Crippen LogP contribution in [0.15, 0.2) is 42.5 Å². The van der Waals surface area contributed by atoms with Crippen LogP contribution in [0.1, 0.15) is 31.2 Å². The number of fused-ring (bicyclic) bond motifs is 2. The lowest BCUT2D eigenvalue weighted by Crippen LogP contribution is -2.56. The van der Waals surface area contributed by atoms with Crippen molar-refractivity contribution >= 4 is 22.6 Å². The largest absolute Gasteiger partial charge is 0.374 e. The van der Waals surface area contributed by atoms with E-state index in [0.717, 1.165) is 35.6 Å². The Hall–Kier alpha value is -2.40. The minimum absolute atomic E-state index is 0.00136. The first kappa shape index (κ1) is 18.0. The second-order valence-corrected chi connectivity index (χ2v) is 7.44. The maximum atomic E-state index is 12.7. The quantitative estimate of drug-likeness (QED) is 0.905. The van der Waals surface area contributed by atoms with Gasteiger partial charge < -0.3 is 15.0 Å². The molecule has 1 aliphatic carbocycles. The van der Waals surface area contributed by atoms with Gasteiger partial charge in [0.25, 0.3) is 0 Å². The van der Waals surface area contributed by atoms with Crippen molar-refractivity contribution in [3.63, 3.8) is 0 Å². The van der Waals surface area contributed by atoms with E-state index in [1.165, 1.54) is 6.42 Å². The third-order valence-electron chi connectivity index (χ3n) is 5.72. The highest BCUT2D eigenvalue weighted by Gasteiger charge is 2.36. The summed E-state index contributed by atoms with van der Waals surface area (Å²) < 4.78 is 5.83. The zero-order valence-electron chi connectivity index (χ0n) is 15.5. The lowest BCUT2D eigenvalue weighted by molar-refractivity contribution is -0.149. The summed E-state index contributed by atoms with van der Waals surface area (Å²) in [6.45, 7) is 1.28. The number of hydrogen-bond acceptors (Lipinski definition) is 3. The summed E-state index contributed by atoms with van der Waals surface area (Å²) in [6, 6.07) is 14.2. The zero-order valence-corrected chi connectivity index (χ0v) is 15.5. The summed E-state index contributed by atoms with van der Waals surface area (Å²) in [5.74, 6) is -0.116. The second-order valence-electron chi connectivity index (χ2n) is 7.44. The Morgan fingerprint density at radius 3 is 2.81 bits per heavy atom. The Balaban J connectivity index is 1.35. The summed E-state index contributed by atoms with van der Waals surface area (Å²) in [5.41, 5.74) is 0.983. The molecule has 0 bridgehead atoms. The third kappa shape index (κ3) is 3.98. The fourth-order valence-electron chi connectivity index (χ4n) is 4.36. The average Bonchev–Trinajstić information content (AvgIpc) is 2.72. The standard InChI is InChI=1S/C22H26N2O3/c25-21(14-17-8-5-7-16-6-1-2-9-18(16)17)23-15-22(26)24-12-13-27-20-11-4-3-10-19(20)24/h1-2,5-9,19-20H,3-4,10-15H2,(H,23,25)/t19-,20-/m1/s1. The molecule has 2 fully saturated rings.